The van der Waals surface area contributed by atoms with Gasteiger partial charge in [-0.3, -0.25) is 0 Å². The Morgan fingerprint density at radius 1 is 1.21 bits per heavy atom. The molecule has 1 N–H and O–H groups in total. The van der Waals surface area contributed by atoms with Gasteiger partial charge >= 0.3 is 6.55 Å². The lowest BCUT2D eigenvalue weighted by atomic mass is 10.2. The molecule has 0 radical (unpaired) electrons. The zero-order valence-corrected chi connectivity index (χ0v) is 8.44. The Morgan fingerprint density at radius 3 is 2.29 bits per heavy atom. The van der Waals surface area contributed by atoms with Crippen molar-refractivity contribution in [1.82, 2.24) is 0 Å². The molecule has 0 fully saturated rings. The summed E-state index contributed by atoms with van der Waals surface area (Å²) in [6, 6.07) is 4.01. The minimum atomic E-state index is -2.73. The molecular formula is C10H14F3N. The van der Waals surface area contributed by atoms with Gasteiger partial charge < -0.3 is 5.32 Å². The number of hydrogen-bond donors (Lipinski definition) is 1. The van der Waals surface area contributed by atoms with Gasteiger partial charge in [-0.1, -0.05) is 19.9 Å². The smallest absolute Gasteiger partial charge is 0.313 e. The molecule has 0 heterocycles. The van der Waals surface area contributed by atoms with Crippen molar-refractivity contribution in [2.45, 2.75) is 27.3 Å². The second-order valence-corrected chi connectivity index (χ2v) is 2.43. The number of anilines is 1. The van der Waals surface area contributed by atoms with Crippen molar-refractivity contribution in [3.8, 4) is 0 Å². The summed E-state index contributed by atoms with van der Waals surface area (Å²) < 4.78 is 36.2. The van der Waals surface area contributed by atoms with Gasteiger partial charge in [-0.25, -0.2) is 4.39 Å². The summed E-state index contributed by atoms with van der Waals surface area (Å²) in [6.07, 6.45) is 0. The maximum absolute atomic E-state index is 12.7. The van der Waals surface area contributed by atoms with E-state index in [0.717, 1.165) is 11.6 Å². The van der Waals surface area contributed by atoms with Crippen LogP contribution in [0.15, 0.2) is 18.2 Å². The van der Waals surface area contributed by atoms with E-state index >= 15 is 0 Å². The van der Waals surface area contributed by atoms with Crippen molar-refractivity contribution >= 4 is 5.69 Å². The van der Waals surface area contributed by atoms with Gasteiger partial charge in [0.2, 0.25) is 0 Å². The Balaban J connectivity index is 0.000000791. The molecule has 0 saturated carbocycles. The topological polar surface area (TPSA) is 12.0 Å². The summed E-state index contributed by atoms with van der Waals surface area (Å²) in [5.74, 6) is -0.666. The van der Waals surface area contributed by atoms with Crippen molar-refractivity contribution in [1.29, 1.82) is 0 Å². The van der Waals surface area contributed by atoms with E-state index in [1.54, 1.807) is 12.2 Å². The van der Waals surface area contributed by atoms with Crippen LogP contribution in [0.1, 0.15) is 19.4 Å². The molecule has 0 bridgehead atoms. The molecule has 0 aliphatic rings. The van der Waals surface area contributed by atoms with Crippen LogP contribution in [0.4, 0.5) is 18.9 Å². The van der Waals surface area contributed by atoms with E-state index < -0.39 is 12.4 Å². The van der Waals surface area contributed by atoms with Crippen molar-refractivity contribution in [3.05, 3.63) is 29.6 Å². The van der Waals surface area contributed by atoms with E-state index in [1.165, 1.54) is 12.1 Å². The van der Waals surface area contributed by atoms with Gasteiger partial charge in [-0.2, -0.15) is 8.78 Å². The molecule has 0 saturated heterocycles. The first-order valence-corrected chi connectivity index (χ1v) is 4.40. The maximum Gasteiger partial charge on any atom is 0.313 e. The Kier molecular flexibility index (Phi) is 5.76. The molecule has 1 nitrogen and oxygen atoms in total. The van der Waals surface area contributed by atoms with E-state index in [-0.39, 0.29) is 5.69 Å². The molecule has 0 aromatic heterocycles. The second kappa shape index (κ2) is 6.29. The summed E-state index contributed by atoms with van der Waals surface area (Å²) in [7, 11) is 0. The summed E-state index contributed by atoms with van der Waals surface area (Å²) in [4.78, 5) is 0. The normalized spacial score (nSPS) is 9.36. The monoisotopic (exact) mass is 205 g/mol. The highest BCUT2D eigenvalue weighted by Gasteiger charge is 2.06. The highest BCUT2D eigenvalue weighted by molar-refractivity contribution is 5.46. The Morgan fingerprint density at radius 2 is 1.79 bits per heavy atom. The molecule has 0 amide bonds. The third-order valence-electron chi connectivity index (χ3n) is 1.39. The van der Waals surface area contributed by atoms with Crippen LogP contribution in [0.3, 0.4) is 0 Å². The van der Waals surface area contributed by atoms with Crippen LogP contribution in [0.25, 0.3) is 0 Å². The highest BCUT2D eigenvalue weighted by atomic mass is 19.3. The molecule has 0 aliphatic heterocycles. The number of nitrogens with one attached hydrogen (secondary N) is 1. The molecule has 1 aromatic rings. The van der Waals surface area contributed by atoms with Gasteiger partial charge in [0, 0.05) is 0 Å². The third-order valence-corrected chi connectivity index (χ3v) is 1.39. The number of halogens is 3. The molecule has 4 heteroatoms. The molecule has 80 valence electrons. The lowest BCUT2D eigenvalue weighted by molar-refractivity contribution is 0.181. The fourth-order valence-corrected chi connectivity index (χ4v) is 0.867. The second-order valence-electron chi connectivity index (χ2n) is 2.43. The number of benzene rings is 1. The average Bonchev–Trinajstić information content (AvgIpc) is 2.14. The van der Waals surface area contributed by atoms with Crippen LogP contribution in [-0.4, -0.2) is 6.55 Å². The number of aryl methyl sites for hydroxylation is 1. The van der Waals surface area contributed by atoms with Crippen LogP contribution in [0.2, 0.25) is 0 Å². The van der Waals surface area contributed by atoms with E-state index in [0.29, 0.717) is 0 Å². The summed E-state index contributed by atoms with van der Waals surface area (Å²) in [6.45, 7) is 2.97. The Bertz CT molecular complexity index is 274. The zero-order valence-electron chi connectivity index (χ0n) is 8.44. The summed E-state index contributed by atoms with van der Waals surface area (Å²) >= 11 is 0. The van der Waals surface area contributed by atoms with Crippen molar-refractivity contribution in [2.75, 3.05) is 5.32 Å². The van der Waals surface area contributed by atoms with Gasteiger partial charge in [0.05, 0.1) is 5.69 Å². The molecule has 0 spiro atoms. The molecule has 14 heavy (non-hydrogen) atoms. The lowest BCUT2D eigenvalue weighted by Gasteiger charge is -2.06. The number of rotatable bonds is 2. The maximum atomic E-state index is 12.7. The molecule has 1 rings (SSSR count). The van der Waals surface area contributed by atoms with Crippen molar-refractivity contribution < 1.29 is 13.2 Å². The van der Waals surface area contributed by atoms with E-state index in [1.807, 2.05) is 13.8 Å². The number of hydrogen-bond acceptors (Lipinski definition) is 1. The first kappa shape index (κ1) is 12.8. The average molecular weight is 205 g/mol. The van der Waals surface area contributed by atoms with Gasteiger partial charge in [0.15, 0.2) is 0 Å². The van der Waals surface area contributed by atoms with E-state index in [9.17, 15) is 13.2 Å². The van der Waals surface area contributed by atoms with E-state index in [2.05, 4.69) is 0 Å². The van der Waals surface area contributed by atoms with Gasteiger partial charge in [-0.15, -0.1) is 0 Å². The van der Waals surface area contributed by atoms with Crippen molar-refractivity contribution in [3.63, 3.8) is 0 Å². The standard InChI is InChI=1S/C8H8F3N.C2H6/c1-5-2-3-6(9)7(4-5)12-8(10)11;1-2/h2-4,8,12H,1H3;1-2H3. The van der Waals surface area contributed by atoms with Gasteiger partial charge in [0.25, 0.3) is 0 Å². The van der Waals surface area contributed by atoms with Gasteiger partial charge in [-0.05, 0) is 24.6 Å². The highest BCUT2D eigenvalue weighted by Crippen LogP contribution is 2.16. The summed E-state index contributed by atoms with van der Waals surface area (Å²) in [5, 5.41) is 1.71. The van der Waals surface area contributed by atoms with Crippen LogP contribution >= 0.6 is 0 Å². The van der Waals surface area contributed by atoms with E-state index in [4.69, 9.17) is 0 Å². The van der Waals surface area contributed by atoms with Gasteiger partial charge in [0.1, 0.15) is 5.82 Å². The first-order chi connectivity index (χ1) is 6.59. The zero-order chi connectivity index (χ0) is 11.1. The molecular weight excluding hydrogens is 191 g/mol. The fourth-order valence-electron chi connectivity index (χ4n) is 0.867. The predicted octanol–water partition coefficient (Wildman–Crippen LogP) is 3.79. The van der Waals surface area contributed by atoms with Crippen LogP contribution in [0, 0.1) is 12.7 Å². The fraction of sp³-hybridized carbons (Fsp3) is 0.400. The Hall–Kier alpha value is -1.19. The quantitative estimate of drug-likeness (QED) is 0.724. The minimum absolute atomic E-state index is 0.162. The lowest BCUT2D eigenvalue weighted by Crippen LogP contribution is -2.07. The SMILES string of the molecule is CC.Cc1ccc(F)c(NC(F)F)c1. The van der Waals surface area contributed by atoms with Crippen LogP contribution in [0.5, 0.6) is 0 Å². The van der Waals surface area contributed by atoms with Crippen LogP contribution in [-0.2, 0) is 0 Å². The molecule has 0 unspecified atom stereocenters. The molecule has 0 atom stereocenters. The van der Waals surface area contributed by atoms with Crippen molar-refractivity contribution in [2.24, 2.45) is 0 Å². The molecule has 1 aromatic carbocycles. The predicted molar refractivity (Wildman–Crippen MR) is 52.1 cm³/mol. The molecule has 0 aliphatic carbocycles. The Labute approximate surface area is 81.9 Å². The third kappa shape index (κ3) is 4.16. The first-order valence-electron chi connectivity index (χ1n) is 4.40. The largest absolute Gasteiger partial charge is 0.327 e. The summed E-state index contributed by atoms with van der Waals surface area (Å²) in [5.41, 5.74) is 0.574. The van der Waals surface area contributed by atoms with Crippen LogP contribution < -0.4 is 5.32 Å². The number of alkyl halides is 2. The minimum Gasteiger partial charge on any atom is -0.327 e.